The summed E-state index contributed by atoms with van der Waals surface area (Å²) in [6, 6.07) is 18.5. The normalized spacial score (nSPS) is 11.8. The van der Waals surface area contributed by atoms with E-state index in [1.807, 2.05) is 30.3 Å². The molecule has 0 aliphatic rings. The highest BCUT2D eigenvalue weighted by atomic mass is 16.5. The molecule has 0 bridgehead atoms. The summed E-state index contributed by atoms with van der Waals surface area (Å²) in [5, 5.41) is 0. The zero-order chi connectivity index (χ0) is 15.1. The Kier molecular flexibility index (Phi) is 5.18. The van der Waals surface area contributed by atoms with E-state index in [0.717, 1.165) is 23.4 Å². The van der Waals surface area contributed by atoms with E-state index >= 15 is 0 Å². The maximum Gasteiger partial charge on any atom is 0.137 e. The summed E-state index contributed by atoms with van der Waals surface area (Å²) in [5.41, 5.74) is 2.39. The van der Waals surface area contributed by atoms with Crippen LogP contribution in [0, 0.1) is 0 Å². The summed E-state index contributed by atoms with van der Waals surface area (Å²) in [4.78, 5) is 0. The maximum atomic E-state index is 5.76. The summed E-state index contributed by atoms with van der Waals surface area (Å²) >= 11 is 0. The van der Waals surface area contributed by atoms with Gasteiger partial charge in [0, 0.05) is 0 Å². The third kappa shape index (κ3) is 5.84. The minimum absolute atomic E-state index is 0.739. The highest BCUT2D eigenvalue weighted by Crippen LogP contribution is 2.14. The largest absolute Gasteiger partial charge is 0.488 e. The molecule has 0 aliphatic carbocycles. The molecule has 0 amide bonds. The van der Waals surface area contributed by atoms with Crippen LogP contribution in [-0.2, 0) is 0 Å². The van der Waals surface area contributed by atoms with Crippen molar-refractivity contribution in [1.29, 1.82) is 0 Å². The first-order valence-corrected chi connectivity index (χ1v) is 7.29. The second-order valence-electron chi connectivity index (χ2n) is 6.18. The molecular weight excluding hydrogens is 258 g/mol. The minimum Gasteiger partial charge on any atom is -0.488 e. The Morgan fingerprint density at radius 2 is 1.38 bits per heavy atom. The van der Waals surface area contributed by atoms with E-state index in [-0.39, 0.29) is 0 Å². The number of rotatable bonds is 6. The zero-order valence-electron chi connectivity index (χ0n) is 13.1. The lowest BCUT2D eigenvalue weighted by molar-refractivity contribution is -0.870. The fourth-order valence-electron chi connectivity index (χ4n) is 1.87. The van der Waals surface area contributed by atoms with E-state index in [4.69, 9.17) is 4.74 Å². The lowest BCUT2D eigenvalue weighted by Crippen LogP contribution is -2.38. The lowest BCUT2D eigenvalue weighted by Gasteiger charge is -2.23. The smallest absolute Gasteiger partial charge is 0.137 e. The van der Waals surface area contributed by atoms with E-state index in [9.17, 15) is 0 Å². The van der Waals surface area contributed by atoms with E-state index in [0.29, 0.717) is 0 Å². The predicted molar refractivity (Wildman–Crippen MR) is 90.2 cm³/mol. The molecule has 2 aromatic rings. The van der Waals surface area contributed by atoms with Gasteiger partial charge < -0.3 is 9.22 Å². The highest BCUT2D eigenvalue weighted by molar-refractivity contribution is 5.69. The molecular formula is C19H24NO+. The van der Waals surface area contributed by atoms with Gasteiger partial charge in [-0.1, -0.05) is 54.6 Å². The van der Waals surface area contributed by atoms with Crippen molar-refractivity contribution < 1.29 is 9.22 Å². The van der Waals surface area contributed by atoms with E-state index in [1.165, 1.54) is 11.1 Å². The average molecular weight is 282 g/mol. The van der Waals surface area contributed by atoms with E-state index in [1.54, 1.807) is 0 Å². The number of likely N-dealkylation sites (N-methyl/N-ethyl adjacent to an activating group) is 1. The van der Waals surface area contributed by atoms with Gasteiger partial charge in [0.25, 0.3) is 0 Å². The van der Waals surface area contributed by atoms with E-state index in [2.05, 4.69) is 57.6 Å². The van der Waals surface area contributed by atoms with Crippen LogP contribution in [0.4, 0.5) is 0 Å². The highest BCUT2D eigenvalue weighted by Gasteiger charge is 2.06. The van der Waals surface area contributed by atoms with Crippen LogP contribution in [0.2, 0.25) is 0 Å². The molecule has 21 heavy (non-hydrogen) atoms. The summed E-state index contributed by atoms with van der Waals surface area (Å²) < 4.78 is 6.67. The van der Waals surface area contributed by atoms with Crippen molar-refractivity contribution in [3.63, 3.8) is 0 Å². The molecule has 2 rings (SSSR count). The van der Waals surface area contributed by atoms with Crippen molar-refractivity contribution in [2.24, 2.45) is 0 Å². The summed E-state index contributed by atoms with van der Waals surface area (Å²) in [6.45, 7) is 1.73. The molecule has 2 aromatic carbocycles. The molecule has 0 saturated heterocycles. The molecule has 0 spiro atoms. The molecule has 0 unspecified atom stereocenters. The van der Waals surface area contributed by atoms with Crippen molar-refractivity contribution >= 4 is 12.2 Å². The Morgan fingerprint density at radius 3 is 1.95 bits per heavy atom. The number of benzene rings is 2. The second-order valence-corrected chi connectivity index (χ2v) is 6.18. The van der Waals surface area contributed by atoms with Crippen LogP contribution in [0.3, 0.4) is 0 Å². The van der Waals surface area contributed by atoms with Gasteiger partial charge in [-0.05, 0) is 23.3 Å². The van der Waals surface area contributed by atoms with Gasteiger partial charge in [0.15, 0.2) is 0 Å². The SMILES string of the molecule is C[N+](C)(C)CCOc1ccc(/C=C/c2ccccc2)cc1. The van der Waals surface area contributed by atoms with Gasteiger partial charge in [-0.2, -0.15) is 0 Å². The quantitative estimate of drug-likeness (QED) is 0.576. The standard InChI is InChI=1S/C19H24NO/c1-20(2,3)15-16-21-19-13-11-18(12-14-19)10-9-17-7-5-4-6-8-17/h4-14H,15-16H2,1-3H3/q+1/b10-9+. The van der Waals surface area contributed by atoms with Crippen LogP contribution in [-0.4, -0.2) is 38.8 Å². The number of ether oxygens (including phenoxy) is 1. The maximum absolute atomic E-state index is 5.76. The van der Waals surface area contributed by atoms with Crippen LogP contribution in [0.15, 0.2) is 54.6 Å². The summed E-state index contributed by atoms with van der Waals surface area (Å²) in [5.74, 6) is 0.931. The molecule has 0 aromatic heterocycles. The van der Waals surface area contributed by atoms with Gasteiger partial charge in [0.2, 0.25) is 0 Å². The van der Waals surface area contributed by atoms with Crippen molar-refractivity contribution in [2.75, 3.05) is 34.3 Å². The third-order valence-electron chi connectivity index (χ3n) is 3.18. The monoisotopic (exact) mass is 282 g/mol. The van der Waals surface area contributed by atoms with Crippen LogP contribution in [0.5, 0.6) is 5.75 Å². The third-order valence-corrected chi connectivity index (χ3v) is 3.18. The van der Waals surface area contributed by atoms with Crippen LogP contribution in [0.1, 0.15) is 11.1 Å². The van der Waals surface area contributed by atoms with Crippen LogP contribution in [0.25, 0.3) is 12.2 Å². The molecule has 0 atom stereocenters. The van der Waals surface area contributed by atoms with E-state index < -0.39 is 0 Å². The van der Waals surface area contributed by atoms with Gasteiger partial charge in [-0.3, -0.25) is 0 Å². The molecule has 110 valence electrons. The fraction of sp³-hybridized carbons (Fsp3) is 0.263. The molecule has 0 heterocycles. The van der Waals surface area contributed by atoms with Crippen molar-refractivity contribution in [3.8, 4) is 5.75 Å². The number of hydrogen-bond donors (Lipinski definition) is 0. The Labute approximate surface area is 127 Å². The molecule has 2 nitrogen and oxygen atoms in total. The Morgan fingerprint density at radius 1 is 0.810 bits per heavy atom. The zero-order valence-corrected chi connectivity index (χ0v) is 13.1. The Balaban J connectivity index is 1.89. The van der Waals surface area contributed by atoms with Crippen molar-refractivity contribution in [3.05, 3.63) is 65.7 Å². The number of hydrogen-bond acceptors (Lipinski definition) is 1. The predicted octanol–water partition coefficient (Wildman–Crippen LogP) is 3.94. The first-order chi connectivity index (χ1) is 10.0. The summed E-state index contributed by atoms with van der Waals surface area (Å²) in [7, 11) is 6.50. The average Bonchev–Trinajstić information content (AvgIpc) is 2.46. The second kappa shape index (κ2) is 7.09. The molecule has 0 N–H and O–H groups in total. The fourth-order valence-corrected chi connectivity index (χ4v) is 1.87. The first kappa shape index (κ1) is 15.3. The summed E-state index contributed by atoms with van der Waals surface area (Å²) in [6.07, 6.45) is 4.23. The molecule has 0 saturated carbocycles. The van der Waals surface area contributed by atoms with Crippen LogP contribution >= 0.6 is 0 Å². The van der Waals surface area contributed by atoms with Gasteiger partial charge in [0.1, 0.15) is 18.9 Å². The number of quaternary nitrogens is 1. The molecule has 2 heteroatoms. The van der Waals surface area contributed by atoms with Gasteiger partial charge in [-0.15, -0.1) is 0 Å². The Bertz CT molecular complexity index is 565. The van der Waals surface area contributed by atoms with Gasteiger partial charge in [0.05, 0.1) is 21.1 Å². The van der Waals surface area contributed by atoms with Gasteiger partial charge in [-0.25, -0.2) is 0 Å². The van der Waals surface area contributed by atoms with Crippen LogP contribution < -0.4 is 4.74 Å². The lowest BCUT2D eigenvalue weighted by atomic mass is 10.1. The molecule has 0 radical (unpaired) electrons. The van der Waals surface area contributed by atoms with Crippen molar-refractivity contribution in [2.45, 2.75) is 0 Å². The first-order valence-electron chi connectivity index (χ1n) is 7.29. The number of nitrogens with zero attached hydrogens (tertiary/aromatic N) is 1. The van der Waals surface area contributed by atoms with Crippen molar-refractivity contribution in [1.82, 2.24) is 0 Å². The van der Waals surface area contributed by atoms with Gasteiger partial charge >= 0.3 is 0 Å². The molecule has 0 fully saturated rings. The molecule has 0 aliphatic heterocycles. The minimum atomic E-state index is 0.739. The Hall–Kier alpha value is -2.06. The topological polar surface area (TPSA) is 9.23 Å².